The van der Waals surface area contributed by atoms with Crippen molar-refractivity contribution in [2.45, 2.75) is 44.2 Å². The van der Waals surface area contributed by atoms with Gasteiger partial charge in [-0.2, -0.15) is 0 Å². The molecule has 184 valence electrons. The van der Waals surface area contributed by atoms with Gasteiger partial charge in [0.25, 0.3) is 11.8 Å². The van der Waals surface area contributed by atoms with Crippen LogP contribution in [0.3, 0.4) is 0 Å². The van der Waals surface area contributed by atoms with Crippen LogP contribution in [0.2, 0.25) is 0 Å². The van der Waals surface area contributed by atoms with Gasteiger partial charge in [0.2, 0.25) is 10.0 Å². The number of rotatable bonds is 5. The summed E-state index contributed by atoms with van der Waals surface area (Å²) in [6, 6.07) is 8.62. The highest BCUT2D eigenvalue weighted by atomic mass is 32.2. The van der Waals surface area contributed by atoms with E-state index in [0.717, 1.165) is 6.26 Å². The van der Waals surface area contributed by atoms with Crippen molar-refractivity contribution in [2.75, 3.05) is 11.6 Å². The van der Waals surface area contributed by atoms with E-state index >= 15 is 0 Å². The molecular weight excluding hydrogens is 480 g/mol. The van der Waals surface area contributed by atoms with Gasteiger partial charge >= 0.3 is 0 Å². The third kappa shape index (κ3) is 4.48. The van der Waals surface area contributed by atoms with Crippen LogP contribution in [-0.2, 0) is 29.0 Å². The molecule has 0 unspecified atom stereocenters. The van der Waals surface area contributed by atoms with Crippen LogP contribution in [0, 0.1) is 0 Å². The molecule has 35 heavy (non-hydrogen) atoms. The summed E-state index contributed by atoms with van der Waals surface area (Å²) in [6.07, 6.45) is -0.283. The second-order valence-corrected chi connectivity index (χ2v) is 10.4. The number of carbonyl (C=O) groups is 2. The fraction of sp³-hybridized carbons (Fsp3) is 0.381. The van der Waals surface area contributed by atoms with Gasteiger partial charge in [-0.05, 0) is 26.0 Å². The lowest BCUT2D eigenvalue weighted by Crippen LogP contribution is -2.44. The molecule has 2 aromatic heterocycles. The normalized spacial score (nSPS) is 25.3. The number of carbonyl (C=O) groups excluding carboxylic acids is 2. The molecule has 2 fully saturated rings. The highest BCUT2D eigenvalue weighted by Crippen LogP contribution is 2.44. The number of benzene rings is 1. The van der Waals surface area contributed by atoms with Crippen LogP contribution in [0.1, 0.15) is 30.4 Å². The van der Waals surface area contributed by atoms with Crippen LogP contribution in [0.15, 0.2) is 43.0 Å². The summed E-state index contributed by atoms with van der Waals surface area (Å²) in [7, 11) is -3.82. The molecule has 4 heterocycles. The summed E-state index contributed by atoms with van der Waals surface area (Å²) >= 11 is 0. The number of sulfonamides is 1. The standard InChI is InChI=1S/C21H22N6O7S/c1-21(2)33-13-14(19(29)26-35(3,30)31)32-20(15(13)34-21)27-10-24-12-16(22-9-23-17(12)27)25-18(28)11-7-5-4-6-8-11/h4-10,13-15,20H,1-3H3,(H,26,29)(H,22,23,25,28)/t13-,14+,15-,20-/m1/s1. The first-order valence-electron chi connectivity index (χ1n) is 10.6. The molecule has 5 rings (SSSR count). The second kappa shape index (κ2) is 8.34. The van der Waals surface area contributed by atoms with Gasteiger partial charge in [-0.15, -0.1) is 0 Å². The quantitative estimate of drug-likeness (QED) is 0.504. The molecule has 13 nitrogen and oxygen atoms in total. The largest absolute Gasteiger partial charge is 0.341 e. The molecule has 1 aromatic carbocycles. The lowest BCUT2D eigenvalue weighted by molar-refractivity contribution is -0.197. The minimum Gasteiger partial charge on any atom is -0.341 e. The second-order valence-electron chi connectivity index (χ2n) is 8.62. The molecule has 2 aliphatic heterocycles. The minimum absolute atomic E-state index is 0.187. The van der Waals surface area contributed by atoms with Crippen LogP contribution in [0.5, 0.6) is 0 Å². The minimum atomic E-state index is -3.82. The Labute approximate surface area is 199 Å². The molecule has 14 heteroatoms. The average Bonchev–Trinajstić information content (AvgIpc) is 3.44. The van der Waals surface area contributed by atoms with Crippen molar-refractivity contribution < 1.29 is 32.2 Å². The lowest BCUT2D eigenvalue weighted by Gasteiger charge is -2.24. The number of nitrogens with one attached hydrogen (secondary N) is 2. The third-order valence-corrected chi connectivity index (χ3v) is 6.05. The molecule has 0 aliphatic carbocycles. The molecule has 0 radical (unpaired) electrons. The number of aromatic nitrogens is 4. The zero-order valence-electron chi connectivity index (χ0n) is 18.9. The number of imidazole rings is 1. The molecule has 0 saturated carbocycles. The van der Waals surface area contributed by atoms with Gasteiger partial charge in [-0.3, -0.25) is 18.9 Å². The molecule has 2 saturated heterocycles. The van der Waals surface area contributed by atoms with Gasteiger partial charge in [0.1, 0.15) is 18.5 Å². The number of hydrogen-bond acceptors (Lipinski definition) is 10. The van der Waals surface area contributed by atoms with Gasteiger partial charge in [0.15, 0.2) is 35.1 Å². The molecule has 2 N–H and O–H groups in total. The van der Waals surface area contributed by atoms with Gasteiger partial charge in [0.05, 0.1) is 12.6 Å². The maximum Gasteiger partial charge on any atom is 0.265 e. The Kier molecular flexibility index (Phi) is 5.55. The Hall–Kier alpha value is -3.46. The predicted octanol–water partition coefficient (Wildman–Crippen LogP) is 0.572. The first-order chi connectivity index (χ1) is 16.5. The van der Waals surface area contributed by atoms with E-state index in [9.17, 15) is 18.0 Å². The van der Waals surface area contributed by atoms with Crippen molar-refractivity contribution in [3.05, 3.63) is 48.5 Å². The van der Waals surface area contributed by atoms with Gasteiger partial charge in [-0.1, -0.05) is 18.2 Å². The topological polar surface area (TPSA) is 164 Å². The summed E-state index contributed by atoms with van der Waals surface area (Å²) in [4.78, 5) is 38.0. The van der Waals surface area contributed by atoms with Crippen molar-refractivity contribution in [3.8, 4) is 0 Å². The van der Waals surface area contributed by atoms with Crippen LogP contribution < -0.4 is 10.0 Å². The number of nitrogens with zero attached hydrogens (tertiary/aromatic N) is 4. The first-order valence-corrected chi connectivity index (χ1v) is 12.5. The van der Waals surface area contributed by atoms with Crippen molar-refractivity contribution in [3.63, 3.8) is 0 Å². The molecule has 2 amide bonds. The SMILES string of the molecule is CC1(C)O[C@@H]2[C@H](O1)[C@@H](C(=O)NS(C)(=O)=O)O[C@H]2n1cnc2c(NC(=O)c3ccccc3)ncnc21. The lowest BCUT2D eigenvalue weighted by atomic mass is 10.1. The summed E-state index contributed by atoms with van der Waals surface area (Å²) in [5.41, 5.74) is 1.04. The molecule has 0 spiro atoms. The molecule has 2 aliphatic rings. The van der Waals surface area contributed by atoms with E-state index in [1.165, 1.54) is 17.2 Å². The number of fused-ring (bicyclic) bond motifs is 2. The van der Waals surface area contributed by atoms with Gasteiger partial charge < -0.3 is 19.5 Å². The fourth-order valence-corrected chi connectivity index (χ4v) is 4.63. The van der Waals surface area contributed by atoms with Crippen molar-refractivity contribution in [2.24, 2.45) is 0 Å². The predicted molar refractivity (Wildman–Crippen MR) is 120 cm³/mol. The first kappa shape index (κ1) is 23.3. The van der Waals surface area contributed by atoms with E-state index in [1.54, 1.807) is 44.2 Å². The van der Waals surface area contributed by atoms with Crippen LogP contribution in [0.4, 0.5) is 5.82 Å². The summed E-state index contributed by atoms with van der Waals surface area (Å²) in [5.74, 6) is -2.10. The van der Waals surface area contributed by atoms with Crippen molar-refractivity contribution >= 4 is 38.8 Å². The highest BCUT2D eigenvalue weighted by molar-refractivity contribution is 7.89. The Bertz CT molecular complexity index is 1410. The molecule has 4 atom stereocenters. The third-order valence-electron chi connectivity index (χ3n) is 5.47. The molecular formula is C21H22N6O7S. The van der Waals surface area contributed by atoms with E-state index in [-0.39, 0.29) is 11.7 Å². The average molecular weight is 503 g/mol. The summed E-state index contributed by atoms with van der Waals surface area (Å²) in [5, 5.41) is 2.72. The Morgan fingerprint density at radius 1 is 1.06 bits per heavy atom. The zero-order valence-corrected chi connectivity index (χ0v) is 19.7. The van der Waals surface area contributed by atoms with Crippen LogP contribution in [-0.4, -0.2) is 70.1 Å². The maximum absolute atomic E-state index is 12.7. The number of hydrogen-bond donors (Lipinski definition) is 2. The zero-order chi connectivity index (χ0) is 25.0. The Balaban J connectivity index is 1.47. The summed E-state index contributed by atoms with van der Waals surface area (Å²) in [6.45, 7) is 3.36. The van der Waals surface area contributed by atoms with E-state index in [4.69, 9.17) is 14.2 Å². The smallest absolute Gasteiger partial charge is 0.265 e. The van der Waals surface area contributed by atoms with E-state index in [0.29, 0.717) is 16.7 Å². The van der Waals surface area contributed by atoms with Crippen molar-refractivity contribution in [1.29, 1.82) is 0 Å². The molecule has 0 bridgehead atoms. The van der Waals surface area contributed by atoms with Crippen molar-refractivity contribution in [1.82, 2.24) is 24.2 Å². The number of ether oxygens (including phenoxy) is 3. The maximum atomic E-state index is 12.7. The van der Waals surface area contributed by atoms with Gasteiger partial charge in [-0.25, -0.2) is 23.4 Å². The fourth-order valence-electron chi connectivity index (χ4n) is 4.15. The van der Waals surface area contributed by atoms with Crippen LogP contribution >= 0.6 is 0 Å². The van der Waals surface area contributed by atoms with E-state index in [1.807, 2.05) is 4.72 Å². The number of amides is 2. The Morgan fingerprint density at radius 3 is 2.49 bits per heavy atom. The summed E-state index contributed by atoms with van der Waals surface area (Å²) < 4.78 is 44.4. The molecule has 3 aromatic rings. The Morgan fingerprint density at radius 2 is 1.77 bits per heavy atom. The highest BCUT2D eigenvalue weighted by Gasteiger charge is 2.58. The monoisotopic (exact) mass is 502 g/mol. The van der Waals surface area contributed by atoms with Crippen LogP contribution in [0.25, 0.3) is 11.2 Å². The number of anilines is 1. The van der Waals surface area contributed by atoms with E-state index < -0.39 is 46.3 Å². The van der Waals surface area contributed by atoms with Gasteiger partial charge in [0, 0.05) is 5.56 Å². The van der Waals surface area contributed by atoms with E-state index in [2.05, 4.69) is 20.3 Å².